The van der Waals surface area contributed by atoms with Crippen LogP contribution in [0.25, 0.3) is 0 Å². The fourth-order valence-corrected chi connectivity index (χ4v) is 1.47. The van der Waals surface area contributed by atoms with Crippen LogP contribution < -0.4 is 10.6 Å². The van der Waals surface area contributed by atoms with Crippen LogP contribution in [-0.2, 0) is 6.54 Å². The Morgan fingerprint density at radius 1 is 1.35 bits per heavy atom. The Labute approximate surface area is 100 Å². The molecule has 0 aliphatic rings. The minimum absolute atomic E-state index is 0.629. The van der Waals surface area contributed by atoms with E-state index in [9.17, 15) is 0 Å². The molecule has 0 aliphatic carbocycles. The average Bonchev–Trinajstić information content (AvgIpc) is 2.88. The molecule has 0 saturated heterocycles. The van der Waals surface area contributed by atoms with Gasteiger partial charge in [0.25, 0.3) is 0 Å². The van der Waals surface area contributed by atoms with E-state index < -0.39 is 0 Å². The maximum atomic E-state index is 4.27. The van der Waals surface area contributed by atoms with E-state index in [1.165, 1.54) is 0 Å². The molecule has 0 radical (unpaired) electrons. The number of aryl methyl sites for hydroxylation is 1. The molecule has 0 aliphatic heterocycles. The van der Waals surface area contributed by atoms with Crippen molar-refractivity contribution in [1.82, 2.24) is 19.5 Å². The largest absolute Gasteiger partial charge is 0.370 e. The lowest BCUT2D eigenvalue weighted by molar-refractivity contribution is 0.660. The molecular formula is C11H16N6. The predicted octanol–water partition coefficient (Wildman–Crippen LogP) is 1.22. The molecule has 0 unspecified atom stereocenters. The van der Waals surface area contributed by atoms with Crippen molar-refractivity contribution in [2.45, 2.75) is 13.0 Å². The van der Waals surface area contributed by atoms with Crippen molar-refractivity contribution in [3.05, 3.63) is 31.0 Å². The third-order valence-corrected chi connectivity index (χ3v) is 2.34. The minimum Gasteiger partial charge on any atom is -0.370 e. The summed E-state index contributed by atoms with van der Waals surface area (Å²) in [5.41, 5.74) is 0. The van der Waals surface area contributed by atoms with Gasteiger partial charge in [-0.3, -0.25) is 0 Å². The summed E-state index contributed by atoms with van der Waals surface area (Å²) in [5.74, 6) is 1.47. The highest BCUT2D eigenvalue weighted by atomic mass is 15.1. The Hall–Kier alpha value is -2.11. The molecule has 2 aromatic heterocycles. The number of aromatic nitrogens is 4. The molecule has 6 nitrogen and oxygen atoms in total. The Balaban J connectivity index is 1.74. The van der Waals surface area contributed by atoms with Crippen molar-refractivity contribution in [3.63, 3.8) is 0 Å². The van der Waals surface area contributed by atoms with E-state index in [1.807, 2.05) is 18.6 Å². The first-order chi connectivity index (χ1) is 8.38. The van der Waals surface area contributed by atoms with Crippen LogP contribution in [0.1, 0.15) is 6.42 Å². The van der Waals surface area contributed by atoms with Crippen LogP contribution in [0, 0.1) is 0 Å². The smallest absolute Gasteiger partial charge is 0.224 e. The summed E-state index contributed by atoms with van der Waals surface area (Å²) in [6.07, 6.45) is 8.33. The van der Waals surface area contributed by atoms with Gasteiger partial charge in [-0.05, 0) is 12.5 Å². The highest BCUT2D eigenvalue weighted by molar-refractivity contribution is 5.38. The third-order valence-electron chi connectivity index (χ3n) is 2.34. The zero-order valence-electron chi connectivity index (χ0n) is 9.80. The summed E-state index contributed by atoms with van der Waals surface area (Å²) in [4.78, 5) is 12.3. The van der Waals surface area contributed by atoms with Gasteiger partial charge in [-0.1, -0.05) is 0 Å². The number of nitrogens with one attached hydrogen (secondary N) is 2. The van der Waals surface area contributed by atoms with E-state index in [1.54, 1.807) is 19.4 Å². The lowest BCUT2D eigenvalue weighted by atomic mass is 10.4. The number of hydrogen-bond acceptors (Lipinski definition) is 5. The number of nitrogens with zero attached hydrogens (tertiary/aromatic N) is 4. The highest BCUT2D eigenvalue weighted by Gasteiger charge is 1.96. The lowest BCUT2D eigenvalue weighted by Crippen LogP contribution is -2.08. The molecule has 2 N–H and O–H groups in total. The van der Waals surface area contributed by atoms with Gasteiger partial charge < -0.3 is 15.2 Å². The highest BCUT2D eigenvalue weighted by Crippen LogP contribution is 2.04. The van der Waals surface area contributed by atoms with Gasteiger partial charge in [0.2, 0.25) is 5.95 Å². The number of imidazole rings is 1. The monoisotopic (exact) mass is 232 g/mol. The van der Waals surface area contributed by atoms with Crippen molar-refractivity contribution < 1.29 is 0 Å². The second kappa shape index (κ2) is 5.83. The Morgan fingerprint density at radius 2 is 2.29 bits per heavy atom. The summed E-state index contributed by atoms with van der Waals surface area (Å²) >= 11 is 0. The molecule has 17 heavy (non-hydrogen) atoms. The van der Waals surface area contributed by atoms with E-state index in [-0.39, 0.29) is 0 Å². The molecule has 0 aromatic carbocycles. The molecule has 0 fully saturated rings. The molecule has 90 valence electrons. The Kier molecular flexibility index (Phi) is 3.90. The van der Waals surface area contributed by atoms with Gasteiger partial charge in [0.15, 0.2) is 0 Å². The van der Waals surface area contributed by atoms with Gasteiger partial charge in [-0.25, -0.2) is 9.97 Å². The number of hydrogen-bond donors (Lipinski definition) is 2. The summed E-state index contributed by atoms with van der Waals surface area (Å²) in [6, 6.07) is 1.86. The van der Waals surface area contributed by atoms with E-state index >= 15 is 0 Å². The van der Waals surface area contributed by atoms with Gasteiger partial charge in [0.05, 0.1) is 6.33 Å². The van der Waals surface area contributed by atoms with Crippen molar-refractivity contribution >= 4 is 11.8 Å². The van der Waals surface area contributed by atoms with E-state index in [0.29, 0.717) is 5.95 Å². The predicted molar refractivity (Wildman–Crippen MR) is 66.9 cm³/mol. The van der Waals surface area contributed by atoms with E-state index in [0.717, 1.165) is 25.3 Å². The topological polar surface area (TPSA) is 67.7 Å². The molecule has 0 saturated carbocycles. The van der Waals surface area contributed by atoms with Gasteiger partial charge >= 0.3 is 0 Å². The van der Waals surface area contributed by atoms with E-state index in [2.05, 4.69) is 30.2 Å². The second-order valence-electron chi connectivity index (χ2n) is 3.60. The van der Waals surface area contributed by atoms with Crippen molar-refractivity contribution in [2.24, 2.45) is 0 Å². The average molecular weight is 232 g/mol. The quantitative estimate of drug-likeness (QED) is 0.733. The summed E-state index contributed by atoms with van der Waals surface area (Å²) < 4.78 is 2.06. The standard InChI is InChI=1S/C11H16N6/c1-12-11-15-5-3-10(16-11)14-4-2-7-17-8-6-13-9-17/h3,5-6,8-9H,2,4,7H2,1H3,(H2,12,14,15,16). The van der Waals surface area contributed by atoms with Gasteiger partial charge in [0, 0.05) is 38.7 Å². The first-order valence-corrected chi connectivity index (χ1v) is 5.59. The Morgan fingerprint density at radius 3 is 3.06 bits per heavy atom. The molecule has 0 amide bonds. The number of anilines is 2. The van der Waals surface area contributed by atoms with Crippen LogP contribution in [-0.4, -0.2) is 33.1 Å². The van der Waals surface area contributed by atoms with Crippen LogP contribution >= 0.6 is 0 Å². The molecule has 0 bridgehead atoms. The van der Waals surface area contributed by atoms with Gasteiger partial charge in [0.1, 0.15) is 5.82 Å². The fraction of sp³-hybridized carbons (Fsp3) is 0.364. The lowest BCUT2D eigenvalue weighted by Gasteiger charge is -2.06. The fourth-order valence-electron chi connectivity index (χ4n) is 1.47. The van der Waals surface area contributed by atoms with Crippen LogP contribution in [0.15, 0.2) is 31.0 Å². The minimum atomic E-state index is 0.629. The van der Waals surface area contributed by atoms with Crippen molar-refractivity contribution in [3.8, 4) is 0 Å². The molecule has 2 heterocycles. The van der Waals surface area contributed by atoms with Crippen LogP contribution in [0.2, 0.25) is 0 Å². The normalized spacial score (nSPS) is 10.2. The molecule has 2 aromatic rings. The Bertz CT molecular complexity index is 439. The first kappa shape index (κ1) is 11.4. The maximum absolute atomic E-state index is 4.27. The molecule has 6 heteroatoms. The van der Waals surface area contributed by atoms with E-state index in [4.69, 9.17) is 0 Å². The zero-order chi connectivity index (χ0) is 11.9. The third kappa shape index (κ3) is 3.44. The molecule has 2 rings (SSSR count). The van der Waals surface area contributed by atoms with Crippen LogP contribution in [0.3, 0.4) is 0 Å². The molecule has 0 spiro atoms. The summed E-state index contributed by atoms with van der Waals surface area (Å²) in [6.45, 7) is 1.83. The van der Waals surface area contributed by atoms with Crippen molar-refractivity contribution in [2.75, 3.05) is 24.2 Å². The van der Waals surface area contributed by atoms with Gasteiger partial charge in [-0.2, -0.15) is 4.98 Å². The summed E-state index contributed by atoms with van der Waals surface area (Å²) in [7, 11) is 1.80. The molecule has 0 atom stereocenters. The SMILES string of the molecule is CNc1nccc(NCCCn2ccnc2)n1. The van der Waals surface area contributed by atoms with Crippen LogP contribution in [0.4, 0.5) is 11.8 Å². The first-order valence-electron chi connectivity index (χ1n) is 5.59. The zero-order valence-corrected chi connectivity index (χ0v) is 9.80. The van der Waals surface area contributed by atoms with Crippen molar-refractivity contribution in [1.29, 1.82) is 0 Å². The maximum Gasteiger partial charge on any atom is 0.224 e. The van der Waals surface area contributed by atoms with Gasteiger partial charge in [-0.15, -0.1) is 0 Å². The molecular weight excluding hydrogens is 216 g/mol. The van der Waals surface area contributed by atoms with Crippen LogP contribution in [0.5, 0.6) is 0 Å². The number of rotatable bonds is 6. The second-order valence-corrected chi connectivity index (χ2v) is 3.60. The summed E-state index contributed by atoms with van der Waals surface area (Å²) in [5, 5.41) is 6.16.